The molecule has 0 radical (unpaired) electrons. The predicted octanol–water partition coefficient (Wildman–Crippen LogP) is 3.34. The number of aromatic amines is 1. The maximum absolute atomic E-state index is 5.95. The molecule has 19 heavy (non-hydrogen) atoms. The average Bonchev–Trinajstić information content (AvgIpc) is 2.52. The van der Waals surface area contributed by atoms with Gasteiger partial charge in [-0.2, -0.15) is 0 Å². The molecule has 0 aliphatic carbocycles. The highest BCUT2D eigenvalue weighted by atomic mass is 35.5. The number of H-pyrrole nitrogens is 1. The van der Waals surface area contributed by atoms with Crippen molar-refractivity contribution in [2.75, 3.05) is 20.6 Å². The third-order valence-electron chi connectivity index (χ3n) is 2.91. The van der Waals surface area contributed by atoms with Crippen molar-refractivity contribution in [2.24, 2.45) is 5.41 Å². The van der Waals surface area contributed by atoms with Gasteiger partial charge in [0, 0.05) is 19.3 Å². The smallest absolute Gasteiger partial charge is 0.179 e. The summed E-state index contributed by atoms with van der Waals surface area (Å²) in [6.07, 6.45) is 1.65. The zero-order chi connectivity index (χ0) is 14.2. The van der Waals surface area contributed by atoms with Gasteiger partial charge >= 0.3 is 0 Å². The molecule has 0 spiro atoms. The van der Waals surface area contributed by atoms with E-state index in [0.29, 0.717) is 9.79 Å². The summed E-state index contributed by atoms with van der Waals surface area (Å²) >= 11 is 11.3. The number of pyridine rings is 1. The average molecular weight is 299 g/mol. The predicted molar refractivity (Wildman–Crippen MR) is 82.3 cm³/mol. The van der Waals surface area contributed by atoms with Crippen LogP contribution in [0.1, 0.15) is 13.8 Å². The summed E-state index contributed by atoms with van der Waals surface area (Å²) in [7, 11) is 4.16. The number of hydrogen-bond donors (Lipinski definition) is 1. The van der Waals surface area contributed by atoms with E-state index in [1.807, 2.05) is 10.6 Å². The number of nitrogens with zero attached hydrogens (tertiary/aromatic N) is 3. The molecule has 2 aromatic heterocycles. The molecule has 0 unspecified atom stereocenters. The van der Waals surface area contributed by atoms with Gasteiger partial charge in [-0.3, -0.25) is 0 Å². The Balaban J connectivity index is 2.40. The summed E-state index contributed by atoms with van der Waals surface area (Å²) in [6.45, 7) is 6.25. The lowest BCUT2D eigenvalue weighted by molar-refractivity contribution is 0.212. The Labute approximate surface area is 123 Å². The van der Waals surface area contributed by atoms with Gasteiger partial charge in [0.25, 0.3) is 0 Å². The lowest BCUT2D eigenvalue weighted by atomic mass is 9.93. The molecule has 4 nitrogen and oxygen atoms in total. The van der Waals surface area contributed by atoms with Crippen LogP contribution >= 0.6 is 23.8 Å². The lowest BCUT2D eigenvalue weighted by Gasteiger charge is -2.28. The second-order valence-electron chi connectivity index (χ2n) is 5.94. The van der Waals surface area contributed by atoms with E-state index in [2.05, 4.69) is 42.8 Å². The molecular weight excluding hydrogens is 280 g/mol. The van der Waals surface area contributed by atoms with E-state index < -0.39 is 0 Å². The van der Waals surface area contributed by atoms with Gasteiger partial charge in [0.1, 0.15) is 0 Å². The number of halogens is 1. The minimum atomic E-state index is 0.109. The highest BCUT2D eigenvalue weighted by Crippen LogP contribution is 2.23. The van der Waals surface area contributed by atoms with Crippen LogP contribution < -0.4 is 0 Å². The number of nitrogens with one attached hydrogen (secondary N) is 1. The van der Waals surface area contributed by atoms with Gasteiger partial charge in [0.05, 0.1) is 10.5 Å². The monoisotopic (exact) mass is 298 g/mol. The molecule has 1 N–H and O–H groups in total. The zero-order valence-corrected chi connectivity index (χ0v) is 13.3. The van der Waals surface area contributed by atoms with E-state index in [1.54, 1.807) is 6.20 Å². The van der Waals surface area contributed by atoms with E-state index in [4.69, 9.17) is 23.8 Å². The zero-order valence-electron chi connectivity index (χ0n) is 11.7. The second kappa shape index (κ2) is 5.23. The van der Waals surface area contributed by atoms with Crippen LogP contribution in [0.15, 0.2) is 12.3 Å². The fraction of sp³-hybridized carbons (Fsp3) is 0.538. The van der Waals surface area contributed by atoms with E-state index in [-0.39, 0.29) is 5.41 Å². The Morgan fingerprint density at radius 1 is 1.47 bits per heavy atom. The summed E-state index contributed by atoms with van der Waals surface area (Å²) in [5.74, 6) is 0. The van der Waals surface area contributed by atoms with E-state index >= 15 is 0 Å². The van der Waals surface area contributed by atoms with Crippen LogP contribution in [0.5, 0.6) is 0 Å². The lowest BCUT2D eigenvalue weighted by Crippen LogP contribution is -2.32. The topological polar surface area (TPSA) is 36.9 Å². The quantitative estimate of drug-likeness (QED) is 0.880. The minimum Gasteiger partial charge on any atom is -0.329 e. The molecule has 104 valence electrons. The van der Waals surface area contributed by atoms with E-state index in [1.165, 1.54) is 0 Å². The number of hydrogen-bond acceptors (Lipinski definition) is 3. The standard InChI is InChI=1S/C13H19ClN4S/c1-13(2,7-17(3)4)8-18-11-10(16-12(18)19)5-9(14)6-15-11/h5-6H,7-8H2,1-4H3,(H,16,19). The molecule has 0 bridgehead atoms. The van der Waals surface area contributed by atoms with Crippen LogP contribution in [0.4, 0.5) is 0 Å². The van der Waals surface area contributed by atoms with Crippen molar-refractivity contribution in [3.05, 3.63) is 22.1 Å². The van der Waals surface area contributed by atoms with Crippen LogP contribution in [-0.4, -0.2) is 40.1 Å². The maximum atomic E-state index is 5.95. The van der Waals surface area contributed by atoms with Crippen molar-refractivity contribution in [1.82, 2.24) is 19.4 Å². The largest absolute Gasteiger partial charge is 0.329 e. The van der Waals surface area contributed by atoms with Crippen LogP contribution in [0, 0.1) is 10.2 Å². The second-order valence-corrected chi connectivity index (χ2v) is 6.77. The van der Waals surface area contributed by atoms with E-state index in [0.717, 1.165) is 24.3 Å². The molecule has 0 saturated carbocycles. The summed E-state index contributed by atoms with van der Waals surface area (Å²) < 4.78 is 2.74. The van der Waals surface area contributed by atoms with Crippen molar-refractivity contribution < 1.29 is 0 Å². The highest BCUT2D eigenvalue weighted by Gasteiger charge is 2.21. The summed E-state index contributed by atoms with van der Waals surface area (Å²) in [5, 5.41) is 0.614. The summed E-state index contributed by atoms with van der Waals surface area (Å²) in [5.41, 5.74) is 1.86. The van der Waals surface area contributed by atoms with Gasteiger partial charge < -0.3 is 14.5 Å². The van der Waals surface area contributed by atoms with Crippen LogP contribution in [0.3, 0.4) is 0 Å². The molecule has 2 heterocycles. The normalized spacial score (nSPS) is 12.5. The Hall–Kier alpha value is -0.910. The van der Waals surface area contributed by atoms with Gasteiger partial charge in [0.2, 0.25) is 0 Å². The van der Waals surface area contributed by atoms with Crippen molar-refractivity contribution in [3.63, 3.8) is 0 Å². The molecular formula is C13H19ClN4S. The third kappa shape index (κ3) is 3.35. The SMILES string of the molecule is CN(C)CC(C)(C)Cn1c(=S)[nH]c2cc(Cl)cnc21. The van der Waals surface area contributed by atoms with Crippen LogP contribution in [0.25, 0.3) is 11.2 Å². The maximum Gasteiger partial charge on any atom is 0.179 e. The molecule has 0 aliphatic heterocycles. The molecule has 0 amide bonds. The first kappa shape index (κ1) is 14.5. The van der Waals surface area contributed by atoms with E-state index in [9.17, 15) is 0 Å². The Kier molecular flexibility index (Phi) is 3.99. The van der Waals surface area contributed by atoms with Gasteiger partial charge in [-0.05, 0) is 37.8 Å². The molecule has 0 aromatic carbocycles. The minimum absolute atomic E-state index is 0.109. The van der Waals surface area contributed by atoms with Crippen LogP contribution in [0.2, 0.25) is 5.02 Å². The fourth-order valence-corrected chi connectivity index (χ4v) is 2.92. The number of rotatable bonds is 4. The Bertz CT molecular complexity index is 642. The summed E-state index contributed by atoms with van der Waals surface area (Å²) in [6, 6.07) is 1.86. The molecule has 0 fully saturated rings. The summed E-state index contributed by atoms with van der Waals surface area (Å²) in [4.78, 5) is 9.73. The first-order chi connectivity index (χ1) is 8.78. The highest BCUT2D eigenvalue weighted by molar-refractivity contribution is 7.71. The van der Waals surface area contributed by atoms with Crippen LogP contribution in [-0.2, 0) is 6.54 Å². The molecule has 0 saturated heterocycles. The molecule has 2 rings (SSSR count). The number of imidazole rings is 1. The van der Waals surface area contributed by atoms with Gasteiger partial charge in [-0.15, -0.1) is 0 Å². The fourth-order valence-electron chi connectivity index (χ4n) is 2.50. The first-order valence-corrected chi connectivity index (χ1v) is 6.96. The first-order valence-electron chi connectivity index (χ1n) is 6.17. The van der Waals surface area contributed by atoms with Crippen molar-refractivity contribution >= 4 is 35.0 Å². The van der Waals surface area contributed by atoms with Gasteiger partial charge in [-0.25, -0.2) is 4.98 Å². The number of fused-ring (bicyclic) bond motifs is 1. The molecule has 2 aromatic rings. The Morgan fingerprint density at radius 3 is 2.79 bits per heavy atom. The van der Waals surface area contributed by atoms with Gasteiger partial charge in [0.15, 0.2) is 10.4 Å². The molecule has 6 heteroatoms. The van der Waals surface area contributed by atoms with Crippen molar-refractivity contribution in [2.45, 2.75) is 20.4 Å². The van der Waals surface area contributed by atoms with Crippen molar-refractivity contribution in [1.29, 1.82) is 0 Å². The third-order valence-corrected chi connectivity index (χ3v) is 3.44. The molecule has 0 atom stereocenters. The molecule has 0 aliphatic rings. The van der Waals surface area contributed by atoms with Gasteiger partial charge in [-0.1, -0.05) is 25.4 Å². The van der Waals surface area contributed by atoms with Crippen molar-refractivity contribution in [3.8, 4) is 0 Å². The number of aromatic nitrogens is 3. The Morgan fingerprint density at radius 2 is 2.16 bits per heavy atom.